The maximum Gasteiger partial charge on any atom is 0.225 e. The Morgan fingerprint density at radius 2 is 2.32 bits per heavy atom. The fourth-order valence-electron chi connectivity index (χ4n) is 2.44. The Morgan fingerprint density at radius 3 is 3.00 bits per heavy atom. The highest BCUT2D eigenvalue weighted by Crippen LogP contribution is 2.36. The molecule has 1 atom stereocenters. The van der Waals surface area contributed by atoms with Gasteiger partial charge in [0.05, 0.1) is 10.8 Å². The number of fused-ring (bicyclic) bond motifs is 1. The molecule has 2 aromatic rings. The summed E-state index contributed by atoms with van der Waals surface area (Å²) in [6.45, 7) is 3.22. The molecule has 0 aliphatic carbocycles. The number of hydrogen-bond donors (Lipinski definition) is 2. The van der Waals surface area contributed by atoms with E-state index >= 15 is 0 Å². The zero-order valence-corrected chi connectivity index (χ0v) is 11.4. The van der Waals surface area contributed by atoms with Gasteiger partial charge in [0.15, 0.2) is 0 Å². The quantitative estimate of drug-likeness (QED) is 0.852. The van der Waals surface area contributed by atoms with E-state index in [0.29, 0.717) is 6.54 Å². The number of primary amides is 1. The second kappa shape index (κ2) is 4.06. The molecular weight excluding hydrogens is 262 g/mol. The number of amides is 1. The predicted octanol–water partition coefficient (Wildman–Crippen LogP) is 0.975. The topological polar surface area (TPSA) is 98.1 Å². The lowest BCUT2D eigenvalue weighted by molar-refractivity contribution is -0.125. The largest absolute Gasteiger partial charge is 0.369 e. The number of aromatic nitrogens is 2. The molecule has 19 heavy (non-hydrogen) atoms. The summed E-state index contributed by atoms with van der Waals surface area (Å²) in [5.41, 5.74) is 10.7. The van der Waals surface area contributed by atoms with E-state index in [1.165, 1.54) is 11.3 Å². The molecule has 0 aromatic carbocycles. The fraction of sp³-hybridized carbons (Fsp3) is 0.417. The van der Waals surface area contributed by atoms with Crippen molar-refractivity contribution in [3.63, 3.8) is 0 Å². The zero-order valence-electron chi connectivity index (χ0n) is 10.6. The third-order valence-electron chi connectivity index (χ3n) is 3.69. The van der Waals surface area contributed by atoms with Crippen LogP contribution in [0.3, 0.4) is 0 Å². The highest BCUT2D eigenvalue weighted by molar-refractivity contribution is 7.16. The average molecular weight is 277 g/mol. The summed E-state index contributed by atoms with van der Waals surface area (Å²) >= 11 is 1.53. The van der Waals surface area contributed by atoms with Gasteiger partial charge in [-0.25, -0.2) is 4.98 Å². The molecule has 4 N–H and O–H groups in total. The van der Waals surface area contributed by atoms with Gasteiger partial charge in [-0.3, -0.25) is 4.79 Å². The van der Waals surface area contributed by atoms with Crippen LogP contribution >= 0.6 is 11.3 Å². The van der Waals surface area contributed by atoms with Crippen LogP contribution < -0.4 is 16.4 Å². The summed E-state index contributed by atoms with van der Waals surface area (Å²) in [5.74, 6) is 0.796. The molecule has 1 amide bonds. The second-order valence-corrected chi connectivity index (χ2v) is 6.04. The van der Waals surface area contributed by atoms with Crippen LogP contribution in [0.15, 0.2) is 11.4 Å². The van der Waals surface area contributed by atoms with E-state index in [-0.39, 0.29) is 11.9 Å². The summed E-state index contributed by atoms with van der Waals surface area (Å²) < 4.78 is 0. The summed E-state index contributed by atoms with van der Waals surface area (Å²) in [4.78, 5) is 23.0. The third-order valence-corrected chi connectivity index (χ3v) is 4.50. The second-order valence-electron chi connectivity index (χ2n) is 5.14. The van der Waals surface area contributed by atoms with Crippen molar-refractivity contribution in [1.82, 2.24) is 9.97 Å². The highest BCUT2D eigenvalue weighted by atomic mass is 32.1. The van der Waals surface area contributed by atoms with Gasteiger partial charge >= 0.3 is 0 Å². The van der Waals surface area contributed by atoms with Crippen molar-refractivity contribution in [2.75, 3.05) is 23.7 Å². The maximum atomic E-state index is 11.5. The van der Waals surface area contributed by atoms with E-state index < -0.39 is 5.41 Å². The van der Waals surface area contributed by atoms with Crippen LogP contribution in [0.25, 0.3) is 10.2 Å². The number of rotatable bonds is 2. The Kier molecular flexibility index (Phi) is 2.60. The Hall–Kier alpha value is -1.89. The Labute approximate surface area is 114 Å². The first-order valence-corrected chi connectivity index (χ1v) is 6.93. The number of hydrogen-bond acceptors (Lipinski definition) is 6. The van der Waals surface area contributed by atoms with Crippen molar-refractivity contribution in [2.24, 2.45) is 11.1 Å². The minimum absolute atomic E-state index is 0.262. The molecule has 0 bridgehead atoms. The number of nitrogens with two attached hydrogens (primary N) is 2. The summed E-state index contributed by atoms with van der Waals surface area (Å²) in [7, 11) is 0. The molecule has 2 aromatic heterocycles. The molecule has 1 aliphatic rings. The molecule has 1 saturated heterocycles. The van der Waals surface area contributed by atoms with Gasteiger partial charge in [0.2, 0.25) is 11.9 Å². The SMILES string of the molecule is CC1(C(N)=O)CCN(c2nc(N)nc3sccc23)C1. The van der Waals surface area contributed by atoms with Crippen LogP contribution in [-0.4, -0.2) is 29.0 Å². The van der Waals surface area contributed by atoms with Crippen LogP contribution in [-0.2, 0) is 4.79 Å². The highest BCUT2D eigenvalue weighted by Gasteiger charge is 2.39. The number of thiophene rings is 1. The number of nitrogen functional groups attached to an aromatic ring is 1. The van der Waals surface area contributed by atoms with Gasteiger partial charge < -0.3 is 16.4 Å². The van der Waals surface area contributed by atoms with E-state index in [1.807, 2.05) is 18.4 Å². The van der Waals surface area contributed by atoms with E-state index in [1.54, 1.807) is 0 Å². The number of carbonyl (C=O) groups excluding carboxylic acids is 1. The van der Waals surface area contributed by atoms with Crippen molar-refractivity contribution >= 4 is 39.2 Å². The van der Waals surface area contributed by atoms with Crippen molar-refractivity contribution in [3.05, 3.63) is 11.4 Å². The molecule has 0 radical (unpaired) electrons. The van der Waals surface area contributed by atoms with Crippen LogP contribution in [0.1, 0.15) is 13.3 Å². The van der Waals surface area contributed by atoms with Gasteiger partial charge in [-0.1, -0.05) is 0 Å². The van der Waals surface area contributed by atoms with Crippen LogP contribution in [0.5, 0.6) is 0 Å². The van der Waals surface area contributed by atoms with Gasteiger partial charge in [0, 0.05) is 13.1 Å². The van der Waals surface area contributed by atoms with Crippen molar-refractivity contribution < 1.29 is 4.79 Å². The molecule has 6 nitrogen and oxygen atoms in total. The summed E-state index contributed by atoms with van der Waals surface area (Å²) in [6.07, 6.45) is 0.734. The van der Waals surface area contributed by atoms with Gasteiger partial charge in [-0.15, -0.1) is 11.3 Å². The minimum atomic E-state index is -0.498. The Bertz CT molecular complexity index is 655. The Morgan fingerprint density at radius 1 is 1.53 bits per heavy atom. The van der Waals surface area contributed by atoms with Crippen molar-refractivity contribution in [3.8, 4) is 0 Å². The van der Waals surface area contributed by atoms with Gasteiger partial charge in [-0.2, -0.15) is 4.98 Å². The molecule has 3 heterocycles. The monoisotopic (exact) mass is 277 g/mol. The van der Waals surface area contributed by atoms with Crippen molar-refractivity contribution in [1.29, 1.82) is 0 Å². The lowest BCUT2D eigenvalue weighted by Gasteiger charge is -2.22. The van der Waals surface area contributed by atoms with Crippen LogP contribution in [0.4, 0.5) is 11.8 Å². The first kappa shape index (κ1) is 12.2. The molecule has 1 aliphatic heterocycles. The summed E-state index contributed by atoms with van der Waals surface area (Å²) in [5, 5.41) is 2.94. The van der Waals surface area contributed by atoms with Gasteiger partial charge in [0.25, 0.3) is 0 Å². The predicted molar refractivity (Wildman–Crippen MR) is 76.0 cm³/mol. The normalized spacial score (nSPS) is 23.1. The van der Waals surface area contributed by atoms with Crippen LogP contribution in [0.2, 0.25) is 0 Å². The molecule has 1 unspecified atom stereocenters. The van der Waals surface area contributed by atoms with E-state index in [9.17, 15) is 4.79 Å². The van der Waals surface area contributed by atoms with Gasteiger partial charge in [0.1, 0.15) is 10.6 Å². The number of carbonyl (C=O) groups is 1. The molecular formula is C12H15N5OS. The molecule has 3 rings (SSSR count). The van der Waals surface area contributed by atoms with E-state index in [0.717, 1.165) is 29.0 Å². The lowest BCUT2D eigenvalue weighted by Crippen LogP contribution is -2.37. The maximum absolute atomic E-state index is 11.5. The van der Waals surface area contributed by atoms with Gasteiger partial charge in [-0.05, 0) is 24.8 Å². The number of nitrogens with zero attached hydrogens (tertiary/aromatic N) is 3. The zero-order chi connectivity index (χ0) is 13.6. The molecule has 1 fully saturated rings. The first-order valence-electron chi connectivity index (χ1n) is 6.05. The first-order chi connectivity index (χ1) is 8.99. The Balaban J connectivity index is 2.02. The minimum Gasteiger partial charge on any atom is -0.369 e. The lowest BCUT2D eigenvalue weighted by atomic mass is 9.89. The fourth-order valence-corrected chi connectivity index (χ4v) is 3.21. The molecule has 0 saturated carbocycles. The number of anilines is 2. The molecule has 7 heteroatoms. The molecule has 100 valence electrons. The smallest absolute Gasteiger partial charge is 0.225 e. The average Bonchev–Trinajstić information content (AvgIpc) is 2.95. The van der Waals surface area contributed by atoms with Crippen molar-refractivity contribution in [2.45, 2.75) is 13.3 Å². The van der Waals surface area contributed by atoms with Crippen LogP contribution in [0, 0.1) is 5.41 Å². The standard InChI is InChI=1S/C12H15N5OS/c1-12(10(13)18)3-4-17(6-12)8-7-2-5-19-9(7)16-11(14)15-8/h2,5H,3-4,6H2,1H3,(H2,13,18)(H2,14,15,16). The van der Waals surface area contributed by atoms with E-state index in [2.05, 4.69) is 14.9 Å². The summed E-state index contributed by atoms with van der Waals surface area (Å²) in [6, 6.07) is 1.98. The third kappa shape index (κ3) is 1.90. The van der Waals surface area contributed by atoms with E-state index in [4.69, 9.17) is 11.5 Å². The molecule has 0 spiro atoms.